The van der Waals surface area contributed by atoms with Crippen LogP contribution in [0.2, 0.25) is 0 Å². The van der Waals surface area contributed by atoms with Gasteiger partial charge >= 0.3 is 11.9 Å². The molecule has 0 saturated heterocycles. The van der Waals surface area contributed by atoms with E-state index in [0.29, 0.717) is 26.4 Å². The van der Waals surface area contributed by atoms with Gasteiger partial charge in [0.25, 0.3) is 0 Å². The highest BCUT2D eigenvalue weighted by Crippen LogP contribution is 2.11. The van der Waals surface area contributed by atoms with Crippen LogP contribution in [0.25, 0.3) is 0 Å². The zero-order valence-corrected chi connectivity index (χ0v) is 15.2. The normalized spacial score (nSPS) is 10.5. The molecule has 0 amide bonds. The van der Waals surface area contributed by atoms with E-state index in [4.69, 9.17) is 28.4 Å². The number of hydrogen-bond acceptors (Lipinski definition) is 8. The molecule has 0 aromatic heterocycles. The second-order valence-corrected chi connectivity index (χ2v) is 5.18. The van der Waals surface area contributed by atoms with E-state index in [1.807, 2.05) is 24.3 Å². The summed E-state index contributed by atoms with van der Waals surface area (Å²) in [6.45, 7) is 1.32. The number of carbonyl (C=O) groups excluding carboxylic acids is 2. The van der Waals surface area contributed by atoms with Crippen molar-refractivity contribution >= 4 is 11.9 Å². The zero-order chi connectivity index (χ0) is 19.0. The van der Waals surface area contributed by atoms with Crippen LogP contribution in [0.4, 0.5) is 0 Å². The van der Waals surface area contributed by atoms with E-state index in [2.05, 4.69) is 0 Å². The van der Waals surface area contributed by atoms with Crippen molar-refractivity contribution in [2.45, 2.75) is 13.2 Å². The highest BCUT2D eigenvalue weighted by Gasteiger charge is 2.09. The molecule has 0 atom stereocenters. The number of methoxy groups -OCH3 is 2. The molecule has 0 unspecified atom stereocenters. The van der Waals surface area contributed by atoms with Gasteiger partial charge in [-0.2, -0.15) is 0 Å². The van der Waals surface area contributed by atoms with Gasteiger partial charge in [0.2, 0.25) is 0 Å². The van der Waals surface area contributed by atoms with Crippen LogP contribution in [-0.4, -0.2) is 65.8 Å². The highest BCUT2D eigenvalue weighted by molar-refractivity contribution is 5.73. The molecule has 1 aromatic rings. The van der Waals surface area contributed by atoms with Gasteiger partial charge in [-0.1, -0.05) is 24.3 Å². The van der Waals surface area contributed by atoms with Crippen molar-refractivity contribution in [3.8, 4) is 0 Å². The Kier molecular flexibility index (Phi) is 12.0. The quantitative estimate of drug-likeness (QED) is 0.355. The van der Waals surface area contributed by atoms with Crippen LogP contribution in [0.3, 0.4) is 0 Å². The Labute approximate surface area is 153 Å². The van der Waals surface area contributed by atoms with Crippen molar-refractivity contribution in [3.63, 3.8) is 0 Å². The second kappa shape index (κ2) is 14.2. The number of esters is 2. The predicted octanol–water partition coefficient (Wildman–Crippen LogP) is 1.10. The molecular weight excluding hydrogens is 344 g/mol. The Morgan fingerprint density at radius 3 is 1.96 bits per heavy atom. The van der Waals surface area contributed by atoms with Crippen molar-refractivity contribution in [2.24, 2.45) is 0 Å². The number of carbonyl (C=O) groups is 2. The van der Waals surface area contributed by atoms with E-state index < -0.39 is 11.9 Å². The maximum absolute atomic E-state index is 11.7. The second-order valence-electron chi connectivity index (χ2n) is 5.18. The van der Waals surface area contributed by atoms with Crippen LogP contribution >= 0.6 is 0 Å². The third-order valence-corrected chi connectivity index (χ3v) is 3.19. The molecular formula is C18H26O8. The minimum absolute atomic E-state index is 0.101. The maximum atomic E-state index is 11.7. The molecule has 0 N–H and O–H groups in total. The first-order valence-corrected chi connectivity index (χ1v) is 8.18. The molecule has 8 heteroatoms. The number of ether oxygens (including phenoxy) is 6. The topological polar surface area (TPSA) is 89.5 Å². The Hall–Kier alpha value is -2.00. The van der Waals surface area contributed by atoms with Crippen molar-refractivity contribution in [3.05, 3.63) is 35.4 Å². The number of hydrogen-bond donors (Lipinski definition) is 0. The van der Waals surface area contributed by atoms with Crippen LogP contribution < -0.4 is 0 Å². The summed E-state index contributed by atoms with van der Waals surface area (Å²) in [6, 6.07) is 7.51. The van der Waals surface area contributed by atoms with E-state index in [9.17, 15) is 9.59 Å². The Bertz CT molecular complexity index is 532. The van der Waals surface area contributed by atoms with Crippen LogP contribution in [0, 0.1) is 0 Å². The third kappa shape index (κ3) is 10.1. The summed E-state index contributed by atoms with van der Waals surface area (Å²) < 4.78 is 30.1. The van der Waals surface area contributed by atoms with Gasteiger partial charge in [0.15, 0.2) is 0 Å². The average molecular weight is 370 g/mol. The zero-order valence-electron chi connectivity index (χ0n) is 15.2. The van der Waals surface area contributed by atoms with Gasteiger partial charge in [-0.25, -0.2) is 9.59 Å². The summed E-state index contributed by atoms with van der Waals surface area (Å²) in [7, 11) is 3.11. The van der Waals surface area contributed by atoms with Crippen molar-refractivity contribution in [1.29, 1.82) is 0 Å². The van der Waals surface area contributed by atoms with Crippen LogP contribution in [0.1, 0.15) is 11.1 Å². The lowest BCUT2D eigenvalue weighted by Crippen LogP contribution is -2.19. The van der Waals surface area contributed by atoms with Crippen molar-refractivity contribution in [2.75, 3.05) is 53.9 Å². The molecule has 1 aromatic carbocycles. The van der Waals surface area contributed by atoms with E-state index in [0.717, 1.165) is 11.1 Å². The largest absolute Gasteiger partial charge is 0.462 e. The molecule has 0 bridgehead atoms. The monoisotopic (exact) mass is 370 g/mol. The summed E-state index contributed by atoms with van der Waals surface area (Å²) in [5, 5.41) is 0. The fourth-order valence-electron chi connectivity index (χ4n) is 1.86. The molecule has 0 radical (unpaired) electrons. The molecule has 0 saturated carbocycles. The fourth-order valence-corrected chi connectivity index (χ4v) is 1.86. The molecule has 0 aliphatic carbocycles. The van der Waals surface area contributed by atoms with Crippen LogP contribution in [-0.2, 0) is 51.2 Å². The van der Waals surface area contributed by atoms with E-state index in [1.165, 1.54) is 7.11 Å². The lowest BCUT2D eigenvalue weighted by atomic mass is 10.1. The lowest BCUT2D eigenvalue weighted by molar-refractivity contribution is -0.156. The SMILES string of the molecule is COCCOCc1ccccc1COC(=O)COCC(=O)OCCOC. The van der Waals surface area contributed by atoms with Gasteiger partial charge < -0.3 is 28.4 Å². The first-order chi connectivity index (χ1) is 12.7. The number of benzene rings is 1. The molecule has 0 fully saturated rings. The summed E-state index contributed by atoms with van der Waals surface area (Å²) in [5.41, 5.74) is 1.77. The Morgan fingerprint density at radius 2 is 1.31 bits per heavy atom. The highest BCUT2D eigenvalue weighted by atomic mass is 16.6. The molecule has 0 aliphatic heterocycles. The molecule has 0 spiro atoms. The first kappa shape index (κ1) is 22.0. The molecule has 8 nitrogen and oxygen atoms in total. The minimum atomic E-state index is -0.565. The van der Waals surface area contributed by atoms with Crippen LogP contribution in [0.15, 0.2) is 24.3 Å². The van der Waals surface area contributed by atoms with E-state index >= 15 is 0 Å². The summed E-state index contributed by atoms with van der Waals surface area (Å²) in [5.74, 6) is -1.13. The standard InChI is InChI=1S/C18H26O8/c1-21-7-9-23-11-15-5-3-4-6-16(15)12-26-18(20)14-24-13-17(19)25-10-8-22-2/h3-6H,7-14H2,1-2H3. The molecule has 0 heterocycles. The van der Waals surface area contributed by atoms with E-state index in [1.54, 1.807) is 7.11 Å². The lowest BCUT2D eigenvalue weighted by Gasteiger charge is -2.11. The summed E-state index contributed by atoms with van der Waals surface area (Å²) >= 11 is 0. The molecule has 0 aliphatic rings. The Balaban J connectivity index is 2.26. The van der Waals surface area contributed by atoms with Gasteiger partial charge in [-0.15, -0.1) is 0 Å². The van der Waals surface area contributed by atoms with Gasteiger partial charge in [0.1, 0.15) is 26.4 Å². The first-order valence-electron chi connectivity index (χ1n) is 8.18. The maximum Gasteiger partial charge on any atom is 0.332 e. The van der Waals surface area contributed by atoms with Crippen LogP contribution in [0.5, 0.6) is 0 Å². The summed E-state index contributed by atoms with van der Waals surface area (Å²) in [4.78, 5) is 23.0. The van der Waals surface area contributed by atoms with Crippen molar-refractivity contribution in [1.82, 2.24) is 0 Å². The average Bonchev–Trinajstić information content (AvgIpc) is 2.64. The minimum Gasteiger partial charge on any atom is -0.462 e. The third-order valence-electron chi connectivity index (χ3n) is 3.19. The molecule has 26 heavy (non-hydrogen) atoms. The Morgan fingerprint density at radius 1 is 0.731 bits per heavy atom. The van der Waals surface area contributed by atoms with Gasteiger partial charge in [0.05, 0.1) is 26.4 Å². The van der Waals surface area contributed by atoms with Gasteiger partial charge in [0, 0.05) is 14.2 Å². The smallest absolute Gasteiger partial charge is 0.332 e. The van der Waals surface area contributed by atoms with Crippen molar-refractivity contribution < 1.29 is 38.0 Å². The fraction of sp³-hybridized carbons (Fsp3) is 0.556. The van der Waals surface area contributed by atoms with Gasteiger partial charge in [-0.05, 0) is 11.1 Å². The van der Waals surface area contributed by atoms with Gasteiger partial charge in [-0.3, -0.25) is 0 Å². The summed E-state index contributed by atoms with van der Waals surface area (Å²) in [6.07, 6.45) is 0. The molecule has 146 valence electrons. The molecule has 1 rings (SSSR count). The predicted molar refractivity (Wildman–Crippen MR) is 91.4 cm³/mol. The van der Waals surface area contributed by atoms with E-state index in [-0.39, 0.29) is 26.4 Å². The number of rotatable bonds is 14.